The van der Waals surface area contributed by atoms with Crippen molar-refractivity contribution < 1.29 is 31.9 Å². The number of carbonyl (C=O) groups is 2. The van der Waals surface area contributed by atoms with Crippen LogP contribution in [0.5, 0.6) is 11.5 Å². The Labute approximate surface area is 250 Å². The van der Waals surface area contributed by atoms with Gasteiger partial charge in [0.15, 0.2) is 11.5 Å². The molecule has 1 heterocycles. The van der Waals surface area contributed by atoms with E-state index in [1.165, 1.54) is 35.2 Å². The number of anilines is 1. The minimum absolute atomic E-state index is 0.0378. The largest absolute Gasteiger partial charge is 0.486 e. The van der Waals surface area contributed by atoms with Crippen LogP contribution in [0.25, 0.3) is 0 Å². The minimum Gasteiger partial charge on any atom is -0.486 e. The lowest BCUT2D eigenvalue weighted by atomic mass is 10.1. The molecule has 0 saturated heterocycles. The van der Waals surface area contributed by atoms with Crippen LogP contribution in [0, 0.1) is 5.82 Å². The van der Waals surface area contributed by atoms with Gasteiger partial charge in [0.05, 0.1) is 10.6 Å². The summed E-state index contributed by atoms with van der Waals surface area (Å²) in [5, 5.41) is 3.24. The second kappa shape index (κ2) is 13.4. The van der Waals surface area contributed by atoms with Gasteiger partial charge in [-0.3, -0.25) is 13.9 Å². The topological polar surface area (TPSA) is 105 Å². The lowest BCUT2D eigenvalue weighted by Crippen LogP contribution is -2.53. The minimum atomic E-state index is -4.38. The molecule has 2 amide bonds. The SMILES string of the molecule is CC[C@H](C(=O)NC(C)C)N(Cc1ccccc1Cl)C(=O)CN(c1ccc(F)cc1)S(=O)(=O)c1ccc2c(c1)OCCO2. The van der Waals surface area contributed by atoms with E-state index in [0.29, 0.717) is 22.9 Å². The predicted octanol–water partition coefficient (Wildman–Crippen LogP) is 4.78. The van der Waals surface area contributed by atoms with Crippen molar-refractivity contribution in [1.29, 1.82) is 0 Å². The highest BCUT2D eigenvalue weighted by Gasteiger charge is 2.34. The van der Waals surface area contributed by atoms with Crippen molar-refractivity contribution in [2.24, 2.45) is 0 Å². The van der Waals surface area contributed by atoms with Gasteiger partial charge in [0, 0.05) is 23.7 Å². The number of amides is 2. The van der Waals surface area contributed by atoms with Crippen LogP contribution in [0.2, 0.25) is 5.02 Å². The van der Waals surface area contributed by atoms with E-state index in [2.05, 4.69) is 5.32 Å². The van der Waals surface area contributed by atoms with Crippen LogP contribution in [-0.4, -0.2) is 57.0 Å². The van der Waals surface area contributed by atoms with Gasteiger partial charge in [0.1, 0.15) is 31.6 Å². The van der Waals surface area contributed by atoms with Gasteiger partial charge in [0.2, 0.25) is 11.8 Å². The van der Waals surface area contributed by atoms with Gasteiger partial charge in [0.25, 0.3) is 10.0 Å². The molecular weight excluding hydrogens is 585 g/mol. The molecule has 224 valence electrons. The molecule has 1 N–H and O–H groups in total. The van der Waals surface area contributed by atoms with E-state index in [-0.39, 0.29) is 47.9 Å². The highest BCUT2D eigenvalue weighted by molar-refractivity contribution is 7.92. The molecule has 1 aliphatic rings. The first-order valence-electron chi connectivity index (χ1n) is 13.5. The molecule has 42 heavy (non-hydrogen) atoms. The van der Waals surface area contributed by atoms with Crippen LogP contribution in [-0.2, 0) is 26.2 Å². The van der Waals surface area contributed by atoms with Gasteiger partial charge in [-0.25, -0.2) is 12.8 Å². The second-order valence-corrected chi connectivity index (χ2v) is 12.3. The Hall–Kier alpha value is -3.83. The summed E-state index contributed by atoms with van der Waals surface area (Å²) in [5.41, 5.74) is 0.656. The molecule has 0 bridgehead atoms. The van der Waals surface area contributed by atoms with Crippen molar-refractivity contribution in [3.63, 3.8) is 0 Å². The third-order valence-electron chi connectivity index (χ3n) is 6.61. The van der Waals surface area contributed by atoms with Gasteiger partial charge in [-0.1, -0.05) is 36.7 Å². The van der Waals surface area contributed by atoms with E-state index in [9.17, 15) is 22.4 Å². The number of halogens is 2. The van der Waals surface area contributed by atoms with Crippen LogP contribution in [0.3, 0.4) is 0 Å². The van der Waals surface area contributed by atoms with Gasteiger partial charge in [-0.2, -0.15) is 0 Å². The van der Waals surface area contributed by atoms with E-state index in [0.717, 1.165) is 16.4 Å². The number of ether oxygens (including phenoxy) is 2. The Morgan fingerprint density at radius 1 is 1.00 bits per heavy atom. The fraction of sp³-hybridized carbons (Fsp3) is 0.333. The molecule has 1 aliphatic heterocycles. The maximum atomic E-state index is 14.1. The van der Waals surface area contributed by atoms with Gasteiger partial charge < -0.3 is 19.7 Å². The Balaban J connectivity index is 1.75. The van der Waals surface area contributed by atoms with Crippen LogP contribution < -0.4 is 19.1 Å². The summed E-state index contributed by atoms with van der Waals surface area (Å²) in [5.74, 6) is -0.942. The summed E-state index contributed by atoms with van der Waals surface area (Å²) in [7, 11) is -4.38. The Morgan fingerprint density at radius 3 is 2.31 bits per heavy atom. The van der Waals surface area contributed by atoms with Crippen molar-refractivity contribution in [3.8, 4) is 11.5 Å². The molecule has 3 aromatic rings. The van der Waals surface area contributed by atoms with Gasteiger partial charge >= 0.3 is 0 Å². The molecule has 12 heteroatoms. The summed E-state index contributed by atoms with van der Waals surface area (Å²) in [4.78, 5) is 28.5. The monoisotopic (exact) mass is 617 g/mol. The maximum Gasteiger partial charge on any atom is 0.264 e. The first-order chi connectivity index (χ1) is 20.0. The van der Waals surface area contributed by atoms with Gasteiger partial charge in [-0.15, -0.1) is 0 Å². The number of sulfonamides is 1. The average molecular weight is 618 g/mol. The predicted molar refractivity (Wildman–Crippen MR) is 158 cm³/mol. The zero-order valence-corrected chi connectivity index (χ0v) is 25.1. The molecule has 0 unspecified atom stereocenters. The normalized spacial score (nSPS) is 13.4. The Kier molecular flexibility index (Phi) is 9.95. The summed E-state index contributed by atoms with van der Waals surface area (Å²) in [6.45, 7) is 5.26. The lowest BCUT2D eigenvalue weighted by molar-refractivity contribution is -0.140. The van der Waals surface area contributed by atoms with Crippen molar-refractivity contribution in [1.82, 2.24) is 10.2 Å². The highest BCUT2D eigenvalue weighted by Crippen LogP contribution is 2.34. The fourth-order valence-electron chi connectivity index (χ4n) is 4.56. The second-order valence-electron chi connectivity index (χ2n) is 9.99. The molecule has 3 aromatic carbocycles. The number of hydrogen-bond acceptors (Lipinski definition) is 6. The summed E-state index contributed by atoms with van der Waals surface area (Å²) in [6, 6.07) is 14.8. The van der Waals surface area contributed by atoms with E-state index in [1.807, 2.05) is 0 Å². The number of nitrogens with one attached hydrogen (secondary N) is 1. The summed E-state index contributed by atoms with van der Waals surface area (Å²) < 4.78 is 53.9. The van der Waals surface area contributed by atoms with Crippen molar-refractivity contribution in [3.05, 3.63) is 83.1 Å². The summed E-state index contributed by atoms with van der Waals surface area (Å²) in [6.07, 6.45) is 0.264. The van der Waals surface area contributed by atoms with Crippen LogP contribution in [0.15, 0.2) is 71.6 Å². The van der Waals surface area contributed by atoms with Crippen LogP contribution in [0.1, 0.15) is 32.8 Å². The van der Waals surface area contributed by atoms with Crippen molar-refractivity contribution >= 4 is 39.1 Å². The molecule has 0 radical (unpaired) electrons. The molecule has 0 fully saturated rings. The Bertz CT molecular complexity index is 1530. The van der Waals surface area contributed by atoms with E-state index >= 15 is 0 Å². The molecule has 0 aliphatic carbocycles. The average Bonchev–Trinajstić information content (AvgIpc) is 2.96. The zero-order chi connectivity index (χ0) is 30.4. The quantitative estimate of drug-likeness (QED) is 0.332. The molecule has 0 spiro atoms. The third-order valence-corrected chi connectivity index (χ3v) is 8.75. The van der Waals surface area contributed by atoms with Crippen molar-refractivity contribution in [2.45, 2.75) is 50.7 Å². The number of nitrogens with zero attached hydrogens (tertiary/aromatic N) is 2. The number of rotatable bonds is 11. The fourth-order valence-corrected chi connectivity index (χ4v) is 6.18. The van der Waals surface area contributed by atoms with Crippen molar-refractivity contribution in [2.75, 3.05) is 24.1 Å². The number of carbonyl (C=O) groups excluding carboxylic acids is 2. The standard InChI is InChI=1S/C30H33ClFN3O6S/c1-4-26(30(37)33-20(2)3)34(18-21-7-5-6-8-25(21)31)29(36)19-35(23-11-9-22(32)10-12-23)42(38,39)24-13-14-27-28(17-24)41-16-15-40-27/h5-14,17,20,26H,4,15-16,18-19H2,1-3H3,(H,33,37)/t26-/m1/s1. The van der Waals surface area contributed by atoms with E-state index < -0.39 is 34.3 Å². The first-order valence-corrected chi connectivity index (χ1v) is 15.3. The van der Waals surface area contributed by atoms with Crippen LogP contribution >= 0.6 is 11.6 Å². The first kappa shape index (κ1) is 31.1. The molecule has 1 atom stereocenters. The highest BCUT2D eigenvalue weighted by atomic mass is 35.5. The third kappa shape index (κ3) is 7.14. The zero-order valence-electron chi connectivity index (χ0n) is 23.5. The molecule has 4 rings (SSSR count). The number of benzene rings is 3. The van der Waals surface area contributed by atoms with E-state index in [1.54, 1.807) is 45.0 Å². The Morgan fingerprint density at radius 2 is 1.67 bits per heavy atom. The number of hydrogen-bond donors (Lipinski definition) is 1. The van der Waals surface area contributed by atoms with Gasteiger partial charge in [-0.05, 0) is 68.3 Å². The summed E-state index contributed by atoms with van der Waals surface area (Å²) >= 11 is 6.41. The van der Waals surface area contributed by atoms with Crippen LogP contribution in [0.4, 0.5) is 10.1 Å². The smallest absolute Gasteiger partial charge is 0.264 e. The maximum absolute atomic E-state index is 14.1. The molecule has 0 aromatic heterocycles. The molecule has 9 nitrogen and oxygen atoms in total. The van der Waals surface area contributed by atoms with E-state index in [4.69, 9.17) is 21.1 Å². The lowest BCUT2D eigenvalue weighted by Gasteiger charge is -2.33. The molecular formula is C30H33ClFN3O6S. The molecule has 0 saturated carbocycles. The number of fused-ring (bicyclic) bond motifs is 1.